The fourth-order valence-electron chi connectivity index (χ4n) is 2.63. The van der Waals surface area contributed by atoms with Gasteiger partial charge in [-0.1, -0.05) is 12.1 Å². The number of carbonyl (C=O) groups excluding carboxylic acids is 1. The molecule has 0 aromatic heterocycles. The highest BCUT2D eigenvalue weighted by Gasteiger charge is 2.29. The molecule has 8 heteroatoms. The first-order valence-corrected chi connectivity index (χ1v) is 8.32. The predicted molar refractivity (Wildman–Crippen MR) is 97.7 cm³/mol. The molecule has 1 atom stereocenters. The maximum Gasteiger partial charge on any atom is 0.286 e. The molecule has 1 unspecified atom stereocenters. The zero-order chi connectivity index (χ0) is 20.1. The first-order valence-electron chi connectivity index (χ1n) is 8.32. The Labute approximate surface area is 156 Å². The maximum atomic E-state index is 13.1. The molecule has 0 saturated carbocycles. The van der Waals surface area contributed by atoms with Crippen LogP contribution in [0.5, 0.6) is 11.5 Å². The Balaban J connectivity index is 2.44. The minimum atomic E-state index is -0.637. The highest BCUT2D eigenvalue weighted by atomic mass is 19.1. The van der Waals surface area contributed by atoms with Gasteiger partial charge in [-0.2, -0.15) is 0 Å². The number of hydrogen-bond acceptors (Lipinski definition) is 5. The fraction of sp³-hybridized carbons (Fsp3) is 0.316. The molecule has 0 saturated heterocycles. The van der Waals surface area contributed by atoms with Gasteiger partial charge in [-0.3, -0.25) is 14.9 Å². The Hall–Kier alpha value is -3.16. The minimum Gasteiger partial charge on any atom is -0.493 e. The molecule has 0 radical (unpaired) electrons. The van der Waals surface area contributed by atoms with E-state index in [2.05, 4.69) is 0 Å². The zero-order valence-electron chi connectivity index (χ0n) is 15.6. The number of nitrogens with zero attached hydrogens (tertiary/aromatic N) is 2. The van der Waals surface area contributed by atoms with Crippen LogP contribution in [0, 0.1) is 15.9 Å². The topological polar surface area (TPSA) is 81.9 Å². The van der Waals surface area contributed by atoms with E-state index in [4.69, 9.17) is 9.47 Å². The first kappa shape index (κ1) is 20.2. The van der Waals surface area contributed by atoms with E-state index in [1.54, 1.807) is 26.0 Å². The van der Waals surface area contributed by atoms with Gasteiger partial charge in [0.2, 0.25) is 0 Å². The summed E-state index contributed by atoms with van der Waals surface area (Å²) in [6.45, 7) is 3.82. The summed E-state index contributed by atoms with van der Waals surface area (Å²) in [7, 11) is 2.90. The second-order valence-corrected chi connectivity index (χ2v) is 5.85. The van der Waals surface area contributed by atoms with Gasteiger partial charge in [-0.15, -0.1) is 0 Å². The number of rotatable bonds is 7. The van der Waals surface area contributed by atoms with Crippen LogP contribution in [-0.4, -0.2) is 36.5 Å². The maximum absolute atomic E-state index is 13.1. The molecular formula is C19H21FN2O5. The number of amides is 1. The Bertz CT molecular complexity index is 839. The van der Waals surface area contributed by atoms with Gasteiger partial charge in [0.1, 0.15) is 11.4 Å². The number of nitro benzene ring substituents is 1. The summed E-state index contributed by atoms with van der Waals surface area (Å²) in [4.78, 5) is 25.1. The van der Waals surface area contributed by atoms with Crippen molar-refractivity contribution in [3.8, 4) is 11.5 Å². The summed E-state index contributed by atoms with van der Waals surface area (Å²) >= 11 is 0. The van der Waals surface area contributed by atoms with Crippen molar-refractivity contribution in [2.24, 2.45) is 0 Å². The quantitative estimate of drug-likeness (QED) is 0.539. The van der Waals surface area contributed by atoms with E-state index in [0.717, 1.165) is 0 Å². The lowest BCUT2D eigenvalue weighted by Gasteiger charge is -2.25. The number of halogens is 1. The van der Waals surface area contributed by atoms with Crippen molar-refractivity contribution in [1.82, 2.24) is 4.90 Å². The Morgan fingerprint density at radius 1 is 1.26 bits per heavy atom. The number of carbonyl (C=O) groups is 1. The lowest BCUT2D eigenvalue weighted by Crippen LogP contribution is -2.30. The highest BCUT2D eigenvalue weighted by Crippen LogP contribution is 2.36. The summed E-state index contributed by atoms with van der Waals surface area (Å²) in [5, 5.41) is 11.5. The van der Waals surface area contributed by atoms with E-state index in [9.17, 15) is 19.3 Å². The van der Waals surface area contributed by atoms with Crippen LogP contribution in [-0.2, 0) is 0 Å². The molecule has 27 heavy (non-hydrogen) atoms. The number of methoxy groups -OCH3 is 1. The normalized spacial score (nSPS) is 11.6. The number of benzene rings is 2. The average Bonchev–Trinajstić information content (AvgIpc) is 2.66. The summed E-state index contributed by atoms with van der Waals surface area (Å²) < 4.78 is 23.7. The summed E-state index contributed by atoms with van der Waals surface area (Å²) in [6, 6.07) is 7.80. The molecule has 0 spiro atoms. The molecule has 0 fully saturated rings. The van der Waals surface area contributed by atoms with Crippen molar-refractivity contribution < 1.29 is 23.6 Å². The Kier molecular flexibility index (Phi) is 6.33. The average molecular weight is 376 g/mol. The molecular weight excluding hydrogens is 355 g/mol. The summed E-state index contributed by atoms with van der Waals surface area (Å²) in [5.41, 5.74) is 0.215. The van der Waals surface area contributed by atoms with Gasteiger partial charge in [-0.05, 0) is 31.5 Å². The third-order valence-electron chi connectivity index (χ3n) is 4.26. The third-order valence-corrected chi connectivity index (χ3v) is 4.26. The van der Waals surface area contributed by atoms with E-state index >= 15 is 0 Å². The smallest absolute Gasteiger partial charge is 0.286 e. The molecule has 2 aromatic carbocycles. The van der Waals surface area contributed by atoms with Crippen molar-refractivity contribution >= 4 is 11.6 Å². The van der Waals surface area contributed by atoms with Crippen LogP contribution in [0.4, 0.5) is 10.1 Å². The Morgan fingerprint density at radius 2 is 1.89 bits per heavy atom. The number of hydrogen-bond donors (Lipinski definition) is 0. The largest absolute Gasteiger partial charge is 0.493 e. The monoisotopic (exact) mass is 376 g/mol. The third kappa shape index (κ3) is 4.33. The second-order valence-electron chi connectivity index (χ2n) is 5.85. The summed E-state index contributed by atoms with van der Waals surface area (Å²) in [6.07, 6.45) is 0. The van der Waals surface area contributed by atoms with Crippen LogP contribution in [0.25, 0.3) is 0 Å². The first-order chi connectivity index (χ1) is 12.8. The summed E-state index contributed by atoms with van der Waals surface area (Å²) in [5.74, 6) is -0.514. The zero-order valence-corrected chi connectivity index (χ0v) is 15.6. The molecule has 0 N–H and O–H groups in total. The lowest BCUT2D eigenvalue weighted by atomic mass is 10.0. The van der Waals surface area contributed by atoms with Crippen molar-refractivity contribution in [1.29, 1.82) is 0 Å². The van der Waals surface area contributed by atoms with Gasteiger partial charge < -0.3 is 14.4 Å². The van der Waals surface area contributed by atoms with Crippen LogP contribution in [0.15, 0.2) is 36.4 Å². The molecule has 144 valence electrons. The number of nitro groups is 1. The molecule has 0 aliphatic heterocycles. The number of ether oxygens (including phenoxy) is 2. The van der Waals surface area contributed by atoms with Crippen molar-refractivity contribution in [2.75, 3.05) is 20.8 Å². The van der Waals surface area contributed by atoms with Gasteiger partial charge in [0, 0.05) is 13.1 Å². The van der Waals surface area contributed by atoms with E-state index in [1.807, 2.05) is 0 Å². The molecule has 0 bridgehead atoms. The van der Waals surface area contributed by atoms with E-state index < -0.39 is 16.9 Å². The molecule has 1 amide bonds. The van der Waals surface area contributed by atoms with Crippen LogP contribution in [0.3, 0.4) is 0 Å². The van der Waals surface area contributed by atoms with Crippen LogP contribution < -0.4 is 9.47 Å². The predicted octanol–water partition coefficient (Wildman–Crippen LogP) is 3.97. The van der Waals surface area contributed by atoms with E-state index in [0.29, 0.717) is 12.2 Å². The second kappa shape index (κ2) is 8.48. The molecule has 0 heterocycles. The molecule has 0 aliphatic rings. The molecule has 2 aromatic rings. The standard InChI is InChI=1S/C19H21FN2O5/c1-5-27-18-10-15(16(22(24)25)11-17(18)26-4)19(23)21(3)12(2)13-6-8-14(20)9-7-13/h6-12H,5H2,1-4H3. The highest BCUT2D eigenvalue weighted by molar-refractivity contribution is 5.99. The van der Waals surface area contributed by atoms with Crippen LogP contribution in [0.2, 0.25) is 0 Å². The van der Waals surface area contributed by atoms with Gasteiger partial charge in [0.05, 0.1) is 30.7 Å². The van der Waals surface area contributed by atoms with Crippen molar-refractivity contribution in [3.05, 3.63) is 63.5 Å². The van der Waals surface area contributed by atoms with Crippen molar-refractivity contribution in [3.63, 3.8) is 0 Å². The van der Waals surface area contributed by atoms with Crippen LogP contribution >= 0.6 is 0 Å². The lowest BCUT2D eigenvalue weighted by molar-refractivity contribution is -0.385. The SMILES string of the molecule is CCOc1cc(C(=O)N(C)C(C)c2ccc(F)cc2)c([N+](=O)[O-])cc1OC. The van der Waals surface area contributed by atoms with Gasteiger partial charge >= 0.3 is 0 Å². The van der Waals surface area contributed by atoms with E-state index in [-0.39, 0.29) is 28.6 Å². The van der Waals surface area contributed by atoms with Gasteiger partial charge in [0.25, 0.3) is 11.6 Å². The minimum absolute atomic E-state index is 0.110. The molecule has 7 nitrogen and oxygen atoms in total. The van der Waals surface area contributed by atoms with Crippen LogP contribution in [0.1, 0.15) is 35.8 Å². The molecule has 2 rings (SSSR count). The molecule has 0 aliphatic carbocycles. The van der Waals surface area contributed by atoms with Crippen molar-refractivity contribution in [2.45, 2.75) is 19.9 Å². The van der Waals surface area contributed by atoms with E-state index in [1.165, 1.54) is 43.3 Å². The Morgan fingerprint density at radius 3 is 2.41 bits per heavy atom. The van der Waals surface area contributed by atoms with Gasteiger partial charge in [0.15, 0.2) is 11.5 Å². The fourth-order valence-corrected chi connectivity index (χ4v) is 2.63. The van der Waals surface area contributed by atoms with Gasteiger partial charge in [-0.25, -0.2) is 4.39 Å².